The lowest BCUT2D eigenvalue weighted by atomic mass is 10.2. The third-order valence-electron chi connectivity index (χ3n) is 3.13. The highest BCUT2D eigenvalue weighted by molar-refractivity contribution is 5.74. The summed E-state index contributed by atoms with van der Waals surface area (Å²) in [7, 11) is 0. The van der Waals surface area contributed by atoms with E-state index < -0.39 is 0 Å². The second-order valence-corrected chi connectivity index (χ2v) is 4.64. The molecule has 108 valence electrons. The summed E-state index contributed by atoms with van der Waals surface area (Å²) in [5.41, 5.74) is 1.84. The largest absolute Gasteiger partial charge is 0.394 e. The Bertz CT molecular complexity index is 530. The summed E-state index contributed by atoms with van der Waals surface area (Å²) in [6.45, 7) is 2.38. The molecule has 0 fully saturated rings. The quantitative estimate of drug-likeness (QED) is 0.735. The van der Waals surface area contributed by atoms with Crippen molar-refractivity contribution < 1.29 is 9.90 Å². The van der Waals surface area contributed by atoms with Gasteiger partial charge in [0.15, 0.2) is 0 Å². The molecule has 2 amide bonds. The molecule has 3 N–H and O–H groups in total. The molecule has 1 atom stereocenters. The maximum absolute atomic E-state index is 11.6. The van der Waals surface area contributed by atoms with Crippen molar-refractivity contribution >= 4 is 11.7 Å². The van der Waals surface area contributed by atoms with Gasteiger partial charge < -0.3 is 20.1 Å². The van der Waals surface area contributed by atoms with Gasteiger partial charge in [0, 0.05) is 25.4 Å². The molecule has 0 saturated heterocycles. The second-order valence-electron chi connectivity index (χ2n) is 4.64. The van der Waals surface area contributed by atoms with E-state index in [1.807, 2.05) is 41.9 Å². The van der Waals surface area contributed by atoms with E-state index >= 15 is 0 Å². The number of fused-ring (bicyclic) bond motifs is 1. The Labute approximate surface area is 117 Å². The second kappa shape index (κ2) is 6.91. The standard InChI is InChI=1S/C14H20N4O2/c1-2-11(10-19)17-14(20)15-7-6-12-9-18-8-4-3-5-13(18)16-12/h3-5,8-9,11,19H,2,6-7,10H2,1H3,(H2,15,17,20). The number of aliphatic hydroxyl groups is 1. The molecule has 0 spiro atoms. The molecule has 2 aromatic rings. The molecule has 0 aliphatic heterocycles. The van der Waals surface area contributed by atoms with Crippen LogP contribution in [-0.4, -0.2) is 39.7 Å². The number of amides is 2. The zero-order valence-corrected chi connectivity index (χ0v) is 11.5. The highest BCUT2D eigenvalue weighted by atomic mass is 16.3. The molecule has 0 aromatic carbocycles. The van der Waals surface area contributed by atoms with Crippen LogP contribution in [0.15, 0.2) is 30.6 Å². The molecule has 0 aliphatic rings. The molecule has 2 aromatic heterocycles. The normalized spacial score (nSPS) is 12.3. The first kappa shape index (κ1) is 14.3. The molecule has 1 unspecified atom stereocenters. The van der Waals surface area contributed by atoms with Crippen LogP contribution in [0.25, 0.3) is 5.65 Å². The minimum absolute atomic E-state index is 0.0453. The van der Waals surface area contributed by atoms with Gasteiger partial charge in [-0.2, -0.15) is 0 Å². The van der Waals surface area contributed by atoms with Crippen molar-refractivity contribution in [3.63, 3.8) is 0 Å². The van der Waals surface area contributed by atoms with E-state index in [1.54, 1.807) is 0 Å². The summed E-state index contributed by atoms with van der Waals surface area (Å²) in [6, 6.07) is 5.39. The molecule has 2 heterocycles. The van der Waals surface area contributed by atoms with Crippen molar-refractivity contribution in [3.05, 3.63) is 36.3 Å². The van der Waals surface area contributed by atoms with E-state index in [0.717, 1.165) is 11.3 Å². The lowest BCUT2D eigenvalue weighted by Gasteiger charge is -2.14. The van der Waals surface area contributed by atoms with E-state index in [2.05, 4.69) is 15.6 Å². The van der Waals surface area contributed by atoms with Crippen LogP contribution in [0.4, 0.5) is 4.79 Å². The molecule has 0 saturated carbocycles. The van der Waals surface area contributed by atoms with Crippen LogP contribution in [0.2, 0.25) is 0 Å². The fourth-order valence-electron chi connectivity index (χ4n) is 1.92. The third kappa shape index (κ3) is 3.71. The van der Waals surface area contributed by atoms with Crippen LogP contribution >= 0.6 is 0 Å². The van der Waals surface area contributed by atoms with Crippen LogP contribution in [-0.2, 0) is 6.42 Å². The smallest absolute Gasteiger partial charge is 0.315 e. The molecular weight excluding hydrogens is 256 g/mol. The Balaban J connectivity index is 1.79. The molecule has 0 bridgehead atoms. The first-order valence-corrected chi connectivity index (χ1v) is 6.80. The Kier molecular flexibility index (Phi) is 4.95. The number of hydrogen-bond acceptors (Lipinski definition) is 3. The summed E-state index contributed by atoms with van der Waals surface area (Å²) in [6.07, 6.45) is 5.28. The van der Waals surface area contributed by atoms with Crippen molar-refractivity contribution in [2.24, 2.45) is 0 Å². The number of imidazole rings is 1. The number of rotatable bonds is 6. The van der Waals surface area contributed by atoms with Crippen molar-refractivity contribution in [1.29, 1.82) is 0 Å². The van der Waals surface area contributed by atoms with Gasteiger partial charge in [-0.15, -0.1) is 0 Å². The molecular formula is C14H20N4O2. The van der Waals surface area contributed by atoms with E-state index in [0.29, 0.717) is 19.4 Å². The van der Waals surface area contributed by atoms with Gasteiger partial charge in [-0.1, -0.05) is 13.0 Å². The maximum atomic E-state index is 11.6. The summed E-state index contributed by atoms with van der Waals surface area (Å²) in [5.74, 6) is 0. The number of carbonyl (C=O) groups is 1. The minimum Gasteiger partial charge on any atom is -0.394 e. The van der Waals surface area contributed by atoms with Crippen molar-refractivity contribution in [2.75, 3.05) is 13.2 Å². The molecule has 0 aliphatic carbocycles. The number of carbonyl (C=O) groups excluding carboxylic acids is 1. The van der Waals surface area contributed by atoms with Gasteiger partial charge in [0.1, 0.15) is 5.65 Å². The average Bonchev–Trinajstić information content (AvgIpc) is 2.87. The minimum atomic E-state index is -0.255. The zero-order chi connectivity index (χ0) is 14.4. The summed E-state index contributed by atoms with van der Waals surface area (Å²) in [4.78, 5) is 16.0. The van der Waals surface area contributed by atoms with Crippen LogP contribution in [0.1, 0.15) is 19.0 Å². The number of nitrogens with one attached hydrogen (secondary N) is 2. The zero-order valence-electron chi connectivity index (χ0n) is 11.5. The van der Waals surface area contributed by atoms with Gasteiger partial charge in [-0.25, -0.2) is 9.78 Å². The van der Waals surface area contributed by atoms with Gasteiger partial charge in [0.2, 0.25) is 0 Å². The fraction of sp³-hybridized carbons (Fsp3) is 0.429. The Morgan fingerprint density at radius 1 is 1.50 bits per heavy atom. The monoisotopic (exact) mass is 276 g/mol. The number of aliphatic hydroxyl groups excluding tert-OH is 1. The molecule has 6 nitrogen and oxygen atoms in total. The van der Waals surface area contributed by atoms with Crippen molar-refractivity contribution in [2.45, 2.75) is 25.8 Å². The third-order valence-corrected chi connectivity index (χ3v) is 3.13. The molecule has 2 rings (SSSR count). The summed E-state index contributed by atoms with van der Waals surface area (Å²) < 4.78 is 1.95. The number of aromatic nitrogens is 2. The SMILES string of the molecule is CCC(CO)NC(=O)NCCc1cn2ccccc2n1. The van der Waals surface area contributed by atoms with Crippen LogP contribution < -0.4 is 10.6 Å². The number of hydrogen-bond donors (Lipinski definition) is 3. The molecule has 6 heteroatoms. The van der Waals surface area contributed by atoms with Gasteiger partial charge in [0.25, 0.3) is 0 Å². The predicted molar refractivity (Wildman–Crippen MR) is 76.6 cm³/mol. The lowest BCUT2D eigenvalue weighted by molar-refractivity contribution is 0.214. The summed E-state index contributed by atoms with van der Waals surface area (Å²) in [5, 5.41) is 14.5. The van der Waals surface area contributed by atoms with E-state index in [1.165, 1.54) is 0 Å². The highest BCUT2D eigenvalue weighted by Crippen LogP contribution is 2.04. The van der Waals surface area contributed by atoms with E-state index in [-0.39, 0.29) is 18.7 Å². The number of urea groups is 1. The first-order chi connectivity index (χ1) is 9.72. The first-order valence-electron chi connectivity index (χ1n) is 6.80. The van der Waals surface area contributed by atoms with Crippen molar-refractivity contribution in [3.8, 4) is 0 Å². The van der Waals surface area contributed by atoms with Crippen molar-refractivity contribution in [1.82, 2.24) is 20.0 Å². The van der Waals surface area contributed by atoms with E-state index in [9.17, 15) is 4.79 Å². The van der Waals surface area contributed by atoms with Crippen LogP contribution in [0.5, 0.6) is 0 Å². The van der Waals surface area contributed by atoms with Gasteiger partial charge in [-0.3, -0.25) is 0 Å². The predicted octanol–water partition coefficient (Wildman–Crippen LogP) is 0.947. The van der Waals surface area contributed by atoms with E-state index in [4.69, 9.17) is 5.11 Å². The Hall–Kier alpha value is -2.08. The number of pyridine rings is 1. The Morgan fingerprint density at radius 3 is 3.05 bits per heavy atom. The van der Waals surface area contributed by atoms with Gasteiger partial charge in [-0.05, 0) is 18.6 Å². The van der Waals surface area contributed by atoms with Gasteiger partial charge >= 0.3 is 6.03 Å². The summed E-state index contributed by atoms with van der Waals surface area (Å²) >= 11 is 0. The highest BCUT2D eigenvalue weighted by Gasteiger charge is 2.08. The Morgan fingerprint density at radius 2 is 2.35 bits per heavy atom. The topological polar surface area (TPSA) is 78.7 Å². The molecule has 0 radical (unpaired) electrons. The van der Waals surface area contributed by atoms with Crippen LogP contribution in [0.3, 0.4) is 0 Å². The average molecular weight is 276 g/mol. The van der Waals surface area contributed by atoms with Gasteiger partial charge in [0.05, 0.1) is 18.3 Å². The fourth-order valence-corrected chi connectivity index (χ4v) is 1.92. The molecule has 20 heavy (non-hydrogen) atoms. The van der Waals surface area contributed by atoms with Crippen LogP contribution in [0, 0.1) is 0 Å². The number of nitrogens with zero attached hydrogens (tertiary/aromatic N) is 2. The maximum Gasteiger partial charge on any atom is 0.315 e. The lowest BCUT2D eigenvalue weighted by Crippen LogP contribution is -2.44.